The smallest absolute Gasteiger partial charge is 0.350 e. The van der Waals surface area contributed by atoms with Crippen LogP contribution < -0.4 is 4.74 Å². The molecule has 0 aliphatic rings. The highest BCUT2D eigenvalue weighted by atomic mass is 19.1. The summed E-state index contributed by atoms with van der Waals surface area (Å²) >= 11 is 0. The Labute approximate surface area is 111 Å². The van der Waals surface area contributed by atoms with Crippen molar-refractivity contribution in [1.29, 1.82) is 0 Å². The third kappa shape index (κ3) is 2.55. The van der Waals surface area contributed by atoms with Crippen LogP contribution in [0.15, 0.2) is 24.4 Å². The van der Waals surface area contributed by atoms with Gasteiger partial charge in [0.1, 0.15) is 23.3 Å². The molecule has 104 valence electrons. The maximum absolute atomic E-state index is 13.0. The quantitative estimate of drug-likeness (QED) is 0.678. The van der Waals surface area contributed by atoms with Crippen molar-refractivity contribution >= 4 is 11.7 Å². The topological polar surface area (TPSA) is 107 Å². The van der Waals surface area contributed by atoms with Crippen molar-refractivity contribution in [3.05, 3.63) is 45.9 Å². The maximum atomic E-state index is 13.0. The number of halogens is 1. The summed E-state index contributed by atoms with van der Waals surface area (Å²) in [5.74, 6) is -2.78. The van der Waals surface area contributed by atoms with Crippen LogP contribution in [0.4, 0.5) is 10.1 Å². The Morgan fingerprint density at radius 3 is 2.85 bits per heavy atom. The molecule has 0 saturated carbocycles. The van der Waals surface area contributed by atoms with Gasteiger partial charge < -0.3 is 9.84 Å². The first-order valence-corrected chi connectivity index (χ1v) is 5.27. The Morgan fingerprint density at radius 2 is 2.25 bits per heavy atom. The number of rotatable bonds is 4. The first-order chi connectivity index (χ1) is 9.38. The van der Waals surface area contributed by atoms with E-state index < -0.39 is 28.0 Å². The molecule has 1 aromatic heterocycles. The fourth-order valence-corrected chi connectivity index (χ4v) is 1.52. The van der Waals surface area contributed by atoms with E-state index in [1.54, 1.807) is 0 Å². The second-order valence-corrected chi connectivity index (χ2v) is 3.80. The Hall–Kier alpha value is -2.97. The molecule has 0 atom stereocenters. The SMILES string of the molecule is Cn1cc([N+](=O)[O-])c(Oc2ccc(F)cc2C(=O)O)n1. The largest absolute Gasteiger partial charge is 0.478 e. The van der Waals surface area contributed by atoms with E-state index in [-0.39, 0.29) is 11.6 Å². The molecular weight excluding hydrogens is 273 g/mol. The lowest BCUT2D eigenvalue weighted by atomic mass is 10.2. The fraction of sp³-hybridized carbons (Fsp3) is 0.0909. The predicted octanol–water partition coefficient (Wildman–Crippen LogP) is 1.96. The molecule has 0 radical (unpaired) electrons. The summed E-state index contributed by atoms with van der Waals surface area (Å²) in [5, 5.41) is 23.5. The van der Waals surface area contributed by atoms with Gasteiger partial charge in [-0.15, -0.1) is 5.10 Å². The molecule has 20 heavy (non-hydrogen) atoms. The van der Waals surface area contributed by atoms with Crippen molar-refractivity contribution < 1.29 is 24.0 Å². The number of benzene rings is 1. The summed E-state index contributed by atoms with van der Waals surface area (Å²) in [7, 11) is 1.45. The standard InChI is InChI=1S/C11H8FN3O5/c1-14-5-8(15(18)19)10(13-14)20-9-3-2-6(12)4-7(9)11(16)17/h2-5H,1H3,(H,16,17). The zero-order chi connectivity index (χ0) is 14.9. The van der Waals surface area contributed by atoms with Gasteiger partial charge in [-0.05, 0) is 18.2 Å². The average molecular weight is 281 g/mol. The molecule has 0 saturated heterocycles. The van der Waals surface area contributed by atoms with Gasteiger partial charge in [0.15, 0.2) is 0 Å². The first kappa shape index (κ1) is 13.5. The minimum atomic E-state index is -1.42. The molecular formula is C11H8FN3O5. The monoisotopic (exact) mass is 281 g/mol. The number of aryl methyl sites for hydroxylation is 1. The van der Waals surface area contributed by atoms with E-state index in [4.69, 9.17) is 9.84 Å². The Morgan fingerprint density at radius 1 is 1.55 bits per heavy atom. The molecule has 2 rings (SSSR count). The summed E-state index contributed by atoms with van der Waals surface area (Å²) in [5.41, 5.74) is -0.877. The summed E-state index contributed by atoms with van der Waals surface area (Å²) in [6.07, 6.45) is 1.11. The number of nitrogens with zero attached hydrogens (tertiary/aromatic N) is 3. The van der Waals surface area contributed by atoms with Gasteiger partial charge in [0.25, 0.3) is 0 Å². The number of carbonyl (C=O) groups is 1. The van der Waals surface area contributed by atoms with E-state index in [1.807, 2.05) is 0 Å². The van der Waals surface area contributed by atoms with Gasteiger partial charge in [0, 0.05) is 7.05 Å². The van der Waals surface area contributed by atoms with Crippen molar-refractivity contribution in [2.24, 2.45) is 7.05 Å². The van der Waals surface area contributed by atoms with E-state index in [1.165, 1.54) is 7.05 Å². The minimum Gasteiger partial charge on any atom is -0.478 e. The second-order valence-electron chi connectivity index (χ2n) is 3.80. The van der Waals surface area contributed by atoms with E-state index in [2.05, 4.69) is 5.10 Å². The van der Waals surface area contributed by atoms with Crippen molar-refractivity contribution in [2.45, 2.75) is 0 Å². The number of aromatic carboxylic acids is 1. The lowest BCUT2D eigenvalue weighted by molar-refractivity contribution is -0.385. The summed E-state index contributed by atoms with van der Waals surface area (Å²) in [4.78, 5) is 21.1. The number of aromatic nitrogens is 2. The molecule has 8 nitrogen and oxygen atoms in total. The summed E-state index contributed by atoms with van der Waals surface area (Å²) in [6, 6.07) is 2.81. The Kier molecular flexibility index (Phi) is 3.34. The van der Waals surface area contributed by atoms with E-state index in [0.29, 0.717) is 0 Å². The van der Waals surface area contributed by atoms with Crippen LogP contribution in [0, 0.1) is 15.9 Å². The second kappa shape index (κ2) is 4.96. The highest BCUT2D eigenvalue weighted by Crippen LogP contribution is 2.31. The zero-order valence-electron chi connectivity index (χ0n) is 10.1. The van der Waals surface area contributed by atoms with Crippen molar-refractivity contribution in [2.75, 3.05) is 0 Å². The van der Waals surface area contributed by atoms with Crippen molar-refractivity contribution in [1.82, 2.24) is 9.78 Å². The maximum Gasteiger partial charge on any atom is 0.350 e. The molecule has 0 aliphatic carbocycles. The van der Waals surface area contributed by atoms with Crippen LogP contribution >= 0.6 is 0 Å². The lowest BCUT2D eigenvalue weighted by Crippen LogP contribution is -2.02. The van der Waals surface area contributed by atoms with Crippen molar-refractivity contribution in [3.63, 3.8) is 0 Å². The highest BCUT2D eigenvalue weighted by Gasteiger charge is 2.23. The van der Waals surface area contributed by atoms with Gasteiger partial charge >= 0.3 is 17.5 Å². The number of hydrogen-bond acceptors (Lipinski definition) is 5. The summed E-state index contributed by atoms with van der Waals surface area (Å²) in [6.45, 7) is 0. The molecule has 0 aliphatic heterocycles. The van der Waals surface area contributed by atoms with E-state index in [0.717, 1.165) is 29.1 Å². The molecule has 1 heterocycles. The van der Waals surface area contributed by atoms with Crippen molar-refractivity contribution in [3.8, 4) is 11.6 Å². The number of hydrogen-bond donors (Lipinski definition) is 1. The number of carboxylic acids is 1. The van der Waals surface area contributed by atoms with Gasteiger partial charge in [-0.2, -0.15) is 0 Å². The number of nitro groups is 1. The molecule has 1 N–H and O–H groups in total. The van der Waals surface area contributed by atoms with Crippen LogP contribution in [0.1, 0.15) is 10.4 Å². The van der Waals surface area contributed by atoms with E-state index >= 15 is 0 Å². The van der Waals surface area contributed by atoms with Gasteiger partial charge in [-0.3, -0.25) is 14.8 Å². The highest BCUT2D eigenvalue weighted by molar-refractivity contribution is 5.91. The van der Waals surface area contributed by atoms with Gasteiger partial charge in [0.05, 0.1) is 4.92 Å². The third-order valence-electron chi connectivity index (χ3n) is 2.35. The Balaban J connectivity index is 2.45. The van der Waals surface area contributed by atoms with Crippen LogP contribution in [0.25, 0.3) is 0 Å². The van der Waals surface area contributed by atoms with Gasteiger partial charge in [-0.1, -0.05) is 0 Å². The van der Waals surface area contributed by atoms with Crippen LogP contribution in [0.3, 0.4) is 0 Å². The van der Waals surface area contributed by atoms with Crippen LogP contribution in [-0.2, 0) is 7.05 Å². The van der Waals surface area contributed by atoms with Gasteiger partial charge in [-0.25, -0.2) is 9.18 Å². The average Bonchev–Trinajstić information content (AvgIpc) is 2.72. The molecule has 0 unspecified atom stereocenters. The minimum absolute atomic E-state index is 0.235. The molecule has 1 aromatic carbocycles. The summed E-state index contributed by atoms with van der Waals surface area (Å²) < 4.78 is 19.3. The number of ether oxygens (including phenoxy) is 1. The normalized spacial score (nSPS) is 10.3. The van der Waals surface area contributed by atoms with E-state index in [9.17, 15) is 19.3 Å². The molecule has 9 heteroatoms. The molecule has 0 bridgehead atoms. The third-order valence-corrected chi connectivity index (χ3v) is 2.35. The molecule has 0 fully saturated rings. The lowest BCUT2D eigenvalue weighted by Gasteiger charge is -2.05. The zero-order valence-corrected chi connectivity index (χ0v) is 10.1. The first-order valence-electron chi connectivity index (χ1n) is 5.27. The molecule has 0 amide bonds. The van der Waals surface area contributed by atoms with Crippen LogP contribution in [0.5, 0.6) is 11.6 Å². The predicted molar refractivity (Wildman–Crippen MR) is 63.3 cm³/mol. The van der Waals surface area contributed by atoms with Crippen LogP contribution in [-0.4, -0.2) is 25.8 Å². The van der Waals surface area contributed by atoms with Gasteiger partial charge in [0.2, 0.25) is 0 Å². The number of carboxylic acid groups (broad SMARTS) is 1. The molecule has 2 aromatic rings. The fourth-order valence-electron chi connectivity index (χ4n) is 1.52. The molecule has 0 spiro atoms. The van der Waals surface area contributed by atoms with Crippen LogP contribution in [0.2, 0.25) is 0 Å². The Bertz CT molecular complexity index is 697.